The van der Waals surface area contributed by atoms with Gasteiger partial charge < -0.3 is 5.73 Å². The normalized spacial score (nSPS) is 13.2. The summed E-state index contributed by atoms with van der Waals surface area (Å²) in [6.07, 6.45) is 30.4. The molecule has 0 bridgehead atoms. The standard InChI is InChI=1S/C27H57N/c1-5-6-7-8-9-10-11-12-13-14-15-16-17-18-19-20-21-22-23-24-25-26(2)27(3,4)28/h26H,5-25,28H2,1-4H3. The summed E-state index contributed by atoms with van der Waals surface area (Å²) in [5.74, 6) is 0.642. The molecule has 170 valence electrons. The number of nitrogens with two attached hydrogens (primary N) is 1. The summed E-state index contributed by atoms with van der Waals surface area (Å²) in [6.45, 7) is 8.92. The molecule has 28 heavy (non-hydrogen) atoms. The molecule has 0 aromatic rings. The van der Waals surface area contributed by atoms with E-state index in [1.165, 1.54) is 135 Å². The monoisotopic (exact) mass is 395 g/mol. The average molecular weight is 396 g/mol. The molecule has 0 fully saturated rings. The van der Waals surface area contributed by atoms with E-state index < -0.39 is 0 Å². The fourth-order valence-electron chi connectivity index (χ4n) is 4.08. The Labute approximate surface area is 180 Å². The Hall–Kier alpha value is -0.0400. The van der Waals surface area contributed by atoms with Crippen LogP contribution in [-0.2, 0) is 0 Å². The molecule has 0 radical (unpaired) electrons. The van der Waals surface area contributed by atoms with Crippen molar-refractivity contribution in [2.45, 2.75) is 168 Å². The smallest absolute Gasteiger partial charge is 0.0123 e. The third kappa shape index (κ3) is 20.7. The second-order valence-electron chi connectivity index (χ2n) is 10.2. The fraction of sp³-hybridized carbons (Fsp3) is 1.00. The van der Waals surface area contributed by atoms with Gasteiger partial charge in [-0.2, -0.15) is 0 Å². The zero-order chi connectivity index (χ0) is 20.9. The van der Waals surface area contributed by atoms with E-state index in [1.807, 2.05) is 0 Å². The summed E-state index contributed by atoms with van der Waals surface area (Å²) in [7, 11) is 0. The van der Waals surface area contributed by atoms with Crippen LogP contribution in [0.5, 0.6) is 0 Å². The van der Waals surface area contributed by atoms with Crippen LogP contribution in [0.2, 0.25) is 0 Å². The highest BCUT2D eigenvalue weighted by molar-refractivity contribution is 4.78. The molecular formula is C27H57N. The van der Waals surface area contributed by atoms with Crippen LogP contribution < -0.4 is 5.73 Å². The van der Waals surface area contributed by atoms with Crippen molar-refractivity contribution in [1.29, 1.82) is 0 Å². The number of rotatable bonds is 22. The Morgan fingerprint density at radius 1 is 0.500 bits per heavy atom. The molecule has 0 spiro atoms. The highest BCUT2D eigenvalue weighted by atomic mass is 14.7. The molecule has 0 saturated carbocycles. The minimum absolute atomic E-state index is 0.00607. The van der Waals surface area contributed by atoms with E-state index in [9.17, 15) is 0 Å². The lowest BCUT2D eigenvalue weighted by atomic mass is 9.86. The molecule has 1 atom stereocenters. The average Bonchev–Trinajstić information content (AvgIpc) is 2.65. The van der Waals surface area contributed by atoms with Crippen molar-refractivity contribution in [3.05, 3.63) is 0 Å². The summed E-state index contributed by atoms with van der Waals surface area (Å²) in [4.78, 5) is 0. The predicted molar refractivity (Wildman–Crippen MR) is 130 cm³/mol. The van der Waals surface area contributed by atoms with Crippen LogP contribution >= 0.6 is 0 Å². The van der Waals surface area contributed by atoms with Gasteiger partial charge in [0.25, 0.3) is 0 Å². The van der Waals surface area contributed by atoms with E-state index in [0.29, 0.717) is 5.92 Å². The summed E-state index contributed by atoms with van der Waals surface area (Å²) in [5.41, 5.74) is 6.16. The van der Waals surface area contributed by atoms with Gasteiger partial charge in [-0.1, -0.05) is 142 Å². The second kappa shape index (κ2) is 20.2. The fourth-order valence-corrected chi connectivity index (χ4v) is 4.08. The molecule has 0 rings (SSSR count). The van der Waals surface area contributed by atoms with Crippen LogP contribution in [0.15, 0.2) is 0 Å². The zero-order valence-electron chi connectivity index (χ0n) is 20.5. The van der Waals surface area contributed by atoms with Crippen molar-refractivity contribution in [3.8, 4) is 0 Å². The van der Waals surface area contributed by atoms with Gasteiger partial charge in [-0.05, 0) is 26.2 Å². The van der Waals surface area contributed by atoms with Gasteiger partial charge in [0.05, 0.1) is 0 Å². The molecule has 0 aromatic heterocycles. The zero-order valence-corrected chi connectivity index (χ0v) is 20.5. The van der Waals surface area contributed by atoms with Crippen molar-refractivity contribution in [1.82, 2.24) is 0 Å². The largest absolute Gasteiger partial charge is 0.325 e. The molecule has 0 amide bonds. The first-order valence-electron chi connectivity index (χ1n) is 13.3. The van der Waals surface area contributed by atoms with E-state index in [0.717, 1.165) is 0 Å². The predicted octanol–water partition coefficient (Wildman–Crippen LogP) is 9.57. The summed E-state index contributed by atoms with van der Waals surface area (Å²) in [5, 5.41) is 0. The first-order valence-corrected chi connectivity index (χ1v) is 13.3. The van der Waals surface area contributed by atoms with Crippen molar-refractivity contribution < 1.29 is 0 Å². The lowest BCUT2D eigenvalue weighted by Gasteiger charge is -2.27. The molecule has 0 heterocycles. The van der Waals surface area contributed by atoms with Crippen LogP contribution in [0, 0.1) is 5.92 Å². The lowest BCUT2D eigenvalue weighted by molar-refractivity contribution is 0.316. The highest BCUT2D eigenvalue weighted by Crippen LogP contribution is 2.20. The maximum Gasteiger partial charge on any atom is 0.0123 e. The van der Waals surface area contributed by atoms with Gasteiger partial charge in [0.2, 0.25) is 0 Å². The minimum atomic E-state index is -0.00607. The maximum atomic E-state index is 6.16. The van der Waals surface area contributed by atoms with Crippen LogP contribution in [0.4, 0.5) is 0 Å². The van der Waals surface area contributed by atoms with Gasteiger partial charge in [0.1, 0.15) is 0 Å². The summed E-state index contributed by atoms with van der Waals surface area (Å²) in [6, 6.07) is 0. The van der Waals surface area contributed by atoms with Gasteiger partial charge >= 0.3 is 0 Å². The van der Waals surface area contributed by atoms with Gasteiger partial charge in [-0.3, -0.25) is 0 Å². The number of hydrogen-bond donors (Lipinski definition) is 1. The Kier molecular flexibility index (Phi) is 20.2. The third-order valence-electron chi connectivity index (χ3n) is 6.76. The van der Waals surface area contributed by atoms with Crippen molar-refractivity contribution >= 4 is 0 Å². The molecule has 0 aliphatic heterocycles. The highest BCUT2D eigenvalue weighted by Gasteiger charge is 2.19. The molecule has 0 saturated heterocycles. The summed E-state index contributed by atoms with van der Waals surface area (Å²) < 4.78 is 0. The molecule has 0 aliphatic rings. The van der Waals surface area contributed by atoms with E-state index in [-0.39, 0.29) is 5.54 Å². The van der Waals surface area contributed by atoms with Gasteiger partial charge in [0, 0.05) is 5.54 Å². The van der Waals surface area contributed by atoms with E-state index in [2.05, 4.69) is 27.7 Å². The van der Waals surface area contributed by atoms with Crippen LogP contribution in [0.25, 0.3) is 0 Å². The van der Waals surface area contributed by atoms with Crippen LogP contribution in [0.1, 0.15) is 163 Å². The van der Waals surface area contributed by atoms with E-state index >= 15 is 0 Å². The Morgan fingerprint density at radius 2 is 0.750 bits per heavy atom. The Bertz CT molecular complexity index is 291. The Balaban J connectivity index is 3.09. The first-order chi connectivity index (χ1) is 13.5. The van der Waals surface area contributed by atoms with Crippen LogP contribution in [0.3, 0.4) is 0 Å². The molecular weight excluding hydrogens is 338 g/mol. The van der Waals surface area contributed by atoms with Gasteiger partial charge in [0.15, 0.2) is 0 Å². The minimum Gasteiger partial charge on any atom is -0.325 e. The molecule has 1 nitrogen and oxygen atoms in total. The van der Waals surface area contributed by atoms with Crippen LogP contribution in [-0.4, -0.2) is 5.54 Å². The topological polar surface area (TPSA) is 26.0 Å². The van der Waals surface area contributed by atoms with Crippen molar-refractivity contribution in [3.63, 3.8) is 0 Å². The van der Waals surface area contributed by atoms with Crippen molar-refractivity contribution in [2.24, 2.45) is 11.7 Å². The summed E-state index contributed by atoms with van der Waals surface area (Å²) >= 11 is 0. The molecule has 1 heteroatoms. The lowest BCUT2D eigenvalue weighted by Crippen LogP contribution is -2.39. The molecule has 2 N–H and O–H groups in total. The molecule has 1 unspecified atom stereocenters. The number of unbranched alkanes of at least 4 members (excludes halogenated alkanes) is 19. The first kappa shape index (κ1) is 28.0. The molecule has 0 aromatic carbocycles. The SMILES string of the molecule is CCCCCCCCCCCCCCCCCCCCCCC(C)C(C)(C)N. The van der Waals surface area contributed by atoms with Gasteiger partial charge in [-0.15, -0.1) is 0 Å². The Morgan fingerprint density at radius 3 is 1.00 bits per heavy atom. The third-order valence-corrected chi connectivity index (χ3v) is 6.76. The quantitative estimate of drug-likeness (QED) is 0.181. The van der Waals surface area contributed by atoms with Crippen molar-refractivity contribution in [2.75, 3.05) is 0 Å². The second-order valence-corrected chi connectivity index (χ2v) is 10.2. The maximum absolute atomic E-state index is 6.16. The van der Waals surface area contributed by atoms with E-state index in [1.54, 1.807) is 0 Å². The van der Waals surface area contributed by atoms with Gasteiger partial charge in [-0.25, -0.2) is 0 Å². The molecule has 0 aliphatic carbocycles. The number of hydrogen-bond acceptors (Lipinski definition) is 1. The van der Waals surface area contributed by atoms with E-state index in [4.69, 9.17) is 5.73 Å².